The number of aromatic nitrogens is 1. The van der Waals surface area contributed by atoms with Crippen LogP contribution in [0.1, 0.15) is 31.0 Å². The molecule has 0 fully saturated rings. The number of methoxy groups -OCH3 is 2. The highest BCUT2D eigenvalue weighted by Crippen LogP contribution is 2.36. The molecule has 0 unspecified atom stereocenters. The first kappa shape index (κ1) is 23.4. The minimum absolute atomic E-state index is 0.173. The van der Waals surface area contributed by atoms with Gasteiger partial charge >= 0.3 is 5.97 Å². The second-order valence-corrected chi connectivity index (χ2v) is 8.45. The molecule has 1 atom stereocenters. The van der Waals surface area contributed by atoms with E-state index in [4.69, 9.17) is 14.2 Å². The van der Waals surface area contributed by atoms with Crippen LogP contribution in [0.15, 0.2) is 63.5 Å². The molecule has 0 spiro atoms. The number of benzene rings is 2. The second-order valence-electron chi connectivity index (χ2n) is 7.44. The zero-order chi connectivity index (χ0) is 24.4. The van der Waals surface area contributed by atoms with Crippen molar-refractivity contribution in [3.05, 3.63) is 90.4 Å². The summed E-state index contributed by atoms with van der Waals surface area (Å²) in [5.41, 5.74) is 1.21. The van der Waals surface area contributed by atoms with E-state index in [-0.39, 0.29) is 23.3 Å². The Balaban J connectivity index is 1.99. The number of fused-ring (bicyclic) bond motifs is 1. The monoisotopic (exact) mass is 482 g/mol. The standard InChI is InChI=1S/C25H23FN2O5S/c1-5-33-24(30)21-14(2)27-25-28(22(21)16-10-11-18(31-3)19(12-16)32-4)23(29)20(34-25)13-15-8-6-7-9-17(15)26/h6-13,22H,5H2,1-4H3/b20-13-/t22-/m0/s1. The first-order valence-corrected chi connectivity index (χ1v) is 11.4. The SMILES string of the molecule is CCOC(=O)C1=C(C)N=c2s/c(=C\c3ccccc3F)c(=O)n2[C@H]1c1ccc(OC)c(OC)c1. The van der Waals surface area contributed by atoms with Crippen LogP contribution in [-0.2, 0) is 9.53 Å². The third-order valence-electron chi connectivity index (χ3n) is 5.43. The number of carbonyl (C=O) groups is 1. The molecule has 1 aromatic heterocycles. The molecule has 0 saturated carbocycles. The van der Waals surface area contributed by atoms with Gasteiger partial charge in [0, 0.05) is 5.56 Å². The Kier molecular flexibility index (Phi) is 6.65. The van der Waals surface area contributed by atoms with E-state index in [2.05, 4.69) is 4.99 Å². The van der Waals surface area contributed by atoms with Gasteiger partial charge in [0.05, 0.1) is 42.7 Å². The van der Waals surface area contributed by atoms with Crippen LogP contribution < -0.4 is 24.4 Å². The van der Waals surface area contributed by atoms with Gasteiger partial charge in [-0.3, -0.25) is 9.36 Å². The van der Waals surface area contributed by atoms with E-state index in [9.17, 15) is 14.0 Å². The van der Waals surface area contributed by atoms with Crippen LogP contribution in [-0.4, -0.2) is 31.4 Å². The van der Waals surface area contributed by atoms with E-state index in [0.29, 0.717) is 32.1 Å². The van der Waals surface area contributed by atoms with Crippen LogP contribution in [0.4, 0.5) is 4.39 Å². The smallest absolute Gasteiger partial charge is 0.338 e. The molecule has 0 saturated heterocycles. The van der Waals surface area contributed by atoms with Gasteiger partial charge in [0.1, 0.15) is 5.82 Å². The van der Waals surface area contributed by atoms with Crippen LogP contribution in [0, 0.1) is 5.82 Å². The number of halogens is 1. The minimum Gasteiger partial charge on any atom is -0.493 e. The molecule has 0 amide bonds. The Morgan fingerprint density at radius 2 is 1.91 bits per heavy atom. The van der Waals surface area contributed by atoms with Gasteiger partial charge < -0.3 is 14.2 Å². The largest absolute Gasteiger partial charge is 0.493 e. The summed E-state index contributed by atoms with van der Waals surface area (Å²) < 4.78 is 32.1. The van der Waals surface area contributed by atoms with Crippen molar-refractivity contribution in [2.75, 3.05) is 20.8 Å². The summed E-state index contributed by atoms with van der Waals surface area (Å²) in [6, 6.07) is 10.6. The predicted molar refractivity (Wildman–Crippen MR) is 126 cm³/mol. The highest BCUT2D eigenvalue weighted by molar-refractivity contribution is 7.07. The van der Waals surface area contributed by atoms with E-state index in [1.54, 1.807) is 50.2 Å². The second kappa shape index (κ2) is 9.64. The molecule has 3 aromatic rings. The fourth-order valence-corrected chi connectivity index (χ4v) is 4.90. The zero-order valence-electron chi connectivity index (χ0n) is 19.1. The topological polar surface area (TPSA) is 79.1 Å². The molecule has 1 aliphatic heterocycles. The Bertz CT molecular complexity index is 1470. The molecular formula is C25H23FN2O5S. The Labute approximate surface area is 199 Å². The van der Waals surface area contributed by atoms with Crippen molar-refractivity contribution >= 4 is 23.4 Å². The van der Waals surface area contributed by atoms with Gasteiger partial charge in [-0.25, -0.2) is 14.2 Å². The Hall–Kier alpha value is -3.72. The number of hydrogen-bond donors (Lipinski definition) is 0. The molecule has 0 N–H and O–H groups in total. The molecular weight excluding hydrogens is 459 g/mol. The first-order chi connectivity index (χ1) is 16.4. The van der Waals surface area contributed by atoms with E-state index in [0.717, 1.165) is 11.3 Å². The number of allylic oxidation sites excluding steroid dienone is 1. The first-order valence-electron chi connectivity index (χ1n) is 10.6. The third-order valence-corrected chi connectivity index (χ3v) is 6.42. The van der Waals surface area contributed by atoms with Gasteiger partial charge in [-0.2, -0.15) is 0 Å². The van der Waals surface area contributed by atoms with Crippen molar-refractivity contribution in [3.63, 3.8) is 0 Å². The molecule has 0 aliphatic carbocycles. The third kappa shape index (κ3) is 4.14. The Morgan fingerprint density at radius 3 is 2.59 bits per heavy atom. The van der Waals surface area contributed by atoms with Crippen LogP contribution in [0.5, 0.6) is 11.5 Å². The lowest BCUT2D eigenvalue weighted by molar-refractivity contribution is -0.139. The van der Waals surface area contributed by atoms with Crippen molar-refractivity contribution < 1.29 is 23.4 Å². The normalized spacial score (nSPS) is 15.6. The molecule has 9 heteroatoms. The van der Waals surface area contributed by atoms with Gasteiger partial charge in [0.2, 0.25) is 0 Å². The van der Waals surface area contributed by atoms with Gasteiger partial charge in [-0.1, -0.05) is 35.6 Å². The maximum absolute atomic E-state index is 14.2. The van der Waals surface area contributed by atoms with Crippen molar-refractivity contribution in [1.82, 2.24) is 4.57 Å². The lowest BCUT2D eigenvalue weighted by Crippen LogP contribution is -2.40. The molecule has 2 heterocycles. The van der Waals surface area contributed by atoms with E-state index in [1.165, 1.54) is 30.9 Å². The maximum atomic E-state index is 14.2. The average molecular weight is 483 g/mol. The summed E-state index contributed by atoms with van der Waals surface area (Å²) in [5, 5.41) is 0. The number of carbonyl (C=O) groups excluding carboxylic acids is 1. The molecule has 34 heavy (non-hydrogen) atoms. The summed E-state index contributed by atoms with van der Waals surface area (Å²) in [5.74, 6) is -0.0389. The van der Waals surface area contributed by atoms with Crippen molar-refractivity contribution in [2.24, 2.45) is 4.99 Å². The van der Waals surface area contributed by atoms with Crippen molar-refractivity contribution in [2.45, 2.75) is 19.9 Å². The number of rotatable bonds is 6. The van der Waals surface area contributed by atoms with Crippen molar-refractivity contribution in [3.8, 4) is 11.5 Å². The number of ether oxygens (including phenoxy) is 3. The van der Waals surface area contributed by atoms with Crippen LogP contribution >= 0.6 is 11.3 Å². The summed E-state index contributed by atoms with van der Waals surface area (Å²) in [7, 11) is 3.03. The van der Waals surface area contributed by atoms with Gasteiger partial charge in [-0.05, 0) is 43.7 Å². The molecule has 0 radical (unpaired) electrons. The molecule has 1 aliphatic rings. The summed E-state index contributed by atoms with van der Waals surface area (Å²) in [4.78, 5) is 31.4. The lowest BCUT2D eigenvalue weighted by Gasteiger charge is -2.25. The van der Waals surface area contributed by atoms with Crippen LogP contribution in [0.25, 0.3) is 6.08 Å². The zero-order valence-corrected chi connectivity index (χ0v) is 19.9. The highest BCUT2D eigenvalue weighted by atomic mass is 32.1. The number of esters is 1. The maximum Gasteiger partial charge on any atom is 0.338 e. The summed E-state index contributed by atoms with van der Waals surface area (Å²) in [6.07, 6.45) is 1.49. The number of nitrogens with zero attached hydrogens (tertiary/aromatic N) is 2. The quantitative estimate of drug-likeness (QED) is 0.505. The highest BCUT2D eigenvalue weighted by Gasteiger charge is 2.33. The summed E-state index contributed by atoms with van der Waals surface area (Å²) in [6.45, 7) is 3.59. The predicted octanol–water partition coefficient (Wildman–Crippen LogP) is 2.95. The summed E-state index contributed by atoms with van der Waals surface area (Å²) >= 11 is 1.13. The van der Waals surface area contributed by atoms with Crippen molar-refractivity contribution in [1.29, 1.82) is 0 Å². The van der Waals surface area contributed by atoms with E-state index < -0.39 is 17.8 Å². The molecule has 7 nitrogen and oxygen atoms in total. The lowest BCUT2D eigenvalue weighted by atomic mass is 9.95. The van der Waals surface area contributed by atoms with E-state index >= 15 is 0 Å². The molecule has 2 aromatic carbocycles. The van der Waals surface area contributed by atoms with Gasteiger partial charge in [-0.15, -0.1) is 0 Å². The molecule has 0 bridgehead atoms. The van der Waals surface area contributed by atoms with Gasteiger partial charge in [0.25, 0.3) is 5.56 Å². The average Bonchev–Trinajstić information content (AvgIpc) is 3.13. The van der Waals surface area contributed by atoms with Crippen LogP contribution in [0.3, 0.4) is 0 Å². The van der Waals surface area contributed by atoms with Gasteiger partial charge in [0.15, 0.2) is 16.3 Å². The van der Waals surface area contributed by atoms with E-state index in [1.807, 2.05) is 0 Å². The minimum atomic E-state index is -0.808. The number of hydrogen-bond acceptors (Lipinski definition) is 7. The Morgan fingerprint density at radius 1 is 1.18 bits per heavy atom. The van der Waals surface area contributed by atoms with Crippen LogP contribution in [0.2, 0.25) is 0 Å². The molecule has 176 valence electrons. The number of thiazole rings is 1. The fraction of sp³-hybridized carbons (Fsp3) is 0.240. The molecule has 4 rings (SSSR count). The fourth-order valence-electron chi connectivity index (χ4n) is 3.86.